The number of ether oxygens (including phenoxy) is 1. The average molecular weight is 288 g/mol. The van der Waals surface area contributed by atoms with Gasteiger partial charge in [-0.05, 0) is 68.4 Å². The molecule has 0 radical (unpaired) electrons. The number of fused-ring (bicyclic) bond motifs is 1. The third kappa shape index (κ3) is 3.15. The first-order chi connectivity index (χ1) is 10.3. The molecule has 2 atom stereocenters. The van der Waals surface area contributed by atoms with Crippen molar-refractivity contribution < 1.29 is 4.74 Å². The van der Waals surface area contributed by atoms with Crippen LogP contribution in [0.3, 0.4) is 0 Å². The number of aryl methyl sites for hydroxylation is 1. The third-order valence-electron chi connectivity index (χ3n) is 5.61. The summed E-state index contributed by atoms with van der Waals surface area (Å²) in [5.41, 5.74) is 6.23. The van der Waals surface area contributed by atoms with E-state index in [-0.39, 0.29) is 5.60 Å². The van der Waals surface area contributed by atoms with Crippen molar-refractivity contribution in [2.24, 2.45) is 5.84 Å². The molecule has 2 aliphatic carbocycles. The van der Waals surface area contributed by atoms with Crippen molar-refractivity contribution in [2.75, 3.05) is 7.11 Å². The molecule has 1 aromatic rings. The minimum Gasteiger partial charge on any atom is -0.378 e. The third-order valence-corrected chi connectivity index (χ3v) is 5.61. The van der Waals surface area contributed by atoms with Gasteiger partial charge >= 0.3 is 0 Å². The number of benzene rings is 1. The molecule has 1 aromatic carbocycles. The van der Waals surface area contributed by atoms with Crippen molar-refractivity contribution >= 4 is 0 Å². The summed E-state index contributed by atoms with van der Waals surface area (Å²) in [5.74, 6) is 6.49. The van der Waals surface area contributed by atoms with Gasteiger partial charge in [0, 0.05) is 13.2 Å². The van der Waals surface area contributed by atoms with Crippen LogP contribution in [0.1, 0.15) is 62.0 Å². The fraction of sp³-hybridized carbons (Fsp3) is 0.667. The molecule has 1 saturated carbocycles. The molecule has 0 amide bonds. The predicted molar refractivity (Wildman–Crippen MR) is 86.1 cm³/mol. The lowest BCUT2D eigenvalue weighted by Crippen LogP contribution is -2.48. The molecule has 3 N–H and O–H groups in total. The Kier molecular flexibility index (Phi) is 4.63. The fourth-order valence-corrected chi connectivity index (χ4v) is 4.16. The van der Waals surface area contributed by atoms with Gasteiger partial charge in [0.2, 0.25) is 0 Å². The number of hydrazine groups is 1. The molecule has 0 spiro atoms. The fourth-order valence-electron chi connectivity index (χ4n) is 4.16. The molecule has 0 aromatic heterocycles. The largest absolute Gasteiger partial charge is 0.378 e. The van der Waals surface area contributed by atoms with Crippen LogP contribution in [-0.2, 0) is 11.2 Å². The van der Waals surface area contributed by atoms with Crippen molar-refractivity contribution in [1.82, 2.24) is 5.43 Å². The van der Waals surface area contributed by atoms with E-state index in [0.29, 0.717) is 12.0 Å². The maximum atomic E-state index is 5.85. The quantitative estimate of drug-likeness (QED) is 0.624. The van der Waals surface area contributed by atoms with E-state index in [2.05, 4.69) is 29.7 Å². The average Bonchev–Trinajstić information content (AvgIpc) is 2.50. The minimum absolute atomic E-state index is 0.0885. The number of hydrogen-bond donors (Lipinski definition) is 2. The lowest BCUT2D eigenvalue weighted by Gasteiger charge is -2.43. The minimum atomic E-state index is 0.0885. The summed E-state index contributed by atoms with van der Waals surface area (Å²) in [6, 6.07) is 9.28. The van der Waals surface area contributed by atoms with Gasteiger partial charge in [-0.15, -0.1) is 0 Å². The molecular weight excluding hydrogens is 260 g/mol. The van der Waals surface area contributed by atoms with Crippen LogP contribution in [0.2, 0.25) is 0 Å². The molecule has 3 heteroatoms. The smallest absolute Gasteiger partial charge is 0.0694 e. The molecule has 0 saturated heterocycles. The summed E-state index contributed by atoms with van der Waals surface area (Å²) in [4.78, 5) is 0. The highest BCUT2D eigenvalue weighted by Crippen LogP contribution is 2.41. The Morgan fingerprint density at radius 2 is 2.14 bits per heavy atom. The van der Waals surface area contributed by atoms with Gasteiger partial charge in [0.15, 0.2) is 0 Å². The number of methoxy groups -OCH3 is 1. The van der Waals surface area contributed by atoms with Gasteiger partial charge in [-0.3, -0.25) is 11.3 Å². The van der Waals surface area contributed by atoms with E-state index in [1.165, 1.54) is 44.1 Å². The van der Waals surface area contributed by atoms with Crippen LogP contribution in [0.5, 0.6) is 0 Å². The molecule has 0 heterocycles. The lowest BCUT2D eigenvalue weighted by molar-refractivity contribution is -0.0843. The second kappa shape index (κ2) is 6.47. The van der Waals surface area contributed by atoms with E-state index in [4.69, 9.17) is 10.6 Å². The summed E-state index contributed by atoms with van der Waals surface area (Å²) < 4.78 is 5.77. The van der Waals surface area contributed by atoms with Crippen LogP contribution in [0, 0.1) is 0 Å². The summed E-state index contributed by atoms with van der Waals surface area (Å²) in [5, 5.41) is 0. The van der Waals surface area contributed by atoms with Crippen molar-refractivity contribution in [3.8, 4) is 0 Å². The van der Waals surface area contributed by atoms with Gasteiger partial charge in [0.05, 0.1) is 5.60 Å². The van der Waals surface area contributed by atoms with Crippen LogP contribution < -0.4 is 11.3 Å². The molecule has 3 nitrogen and oxygen atoms in total. The molecule has 2 aliphatic rings. The van der Waals surface area contributed by atoms with Crippen molar-refractivity contribution in [3.05, 3.63) is 35.4 Å². The highest BCUT2D eigenvalue weighted by molar-refractivity contribution is 5.32. The monoisotopic (exact) mass is 288 g/mol. The molecule has 116 valence electrons. The first-order valence-corrected chi connectivity index (χ1v) is 8.35. The topological polar surface area (TPSA) is 47.3 Å². The summed E-state index contributed by atoms with van der Waals surface area (Å²) in [6.45, 7) is 0. The summed E-state index contributed by atoms with van der Waals surface area (Å²) in [7, 11) is 1.85. The highest BCUT2D eigenvalue weighted by Gasteiger charge is 2.39. The lowest BCUT2D eigenvalue weighted by atomic mass is 9.73. The van der Waals surface area contributed by atoms with Gasteiger partial charge in [0.25, 0.3) is 0 Å². The number of rotatable bonds is 6. The van der Waals surface area contributed by atoms with Crippen LogP contribution in [0.4, 0.5) is 0 Å². The van der Waals surface area contributed by atoms with E-state index in [9.17, 15) is 0 Å². The van der Waals surface area contributed by atoms with Gasteiger partial charge < -0.3 is 4.74 Å². The number of hydrogen-bond acceptors (Lipinski definition) is 3. The standard InChI is InChI=1S/C18H28N2O/c1-21-18(10-5-11-18)13-16(20-19)12-15-8-4-7-14-6-2-3-9-17(14)15/h2-3,6,9,15-16,20H,4-5,7-8,10-13,19H2,1H3. The molecule has 21 heavy (non-hydrogen) atoms. The van der Waals surface area contributed by atoms with Crippen LogP contribution in [0.15, 0.2) is 24.3 Å². The Morgan fingerprint density at radius 3 is 2.81 bits per heavy atom. The van der Waals surface area contributed by atoms with Crippen LogP contribution in [0.25, 0.3) is 0 Å². The Hall–Kier alpha value is -0.900. The Balaban J connectivity index is 1.67. The Labute approximate surface area is 128 Å². The first kappa shape index (κ1) is 15.0. The van der Waals surface area contributed by atoms with Crippen molar-refractivity contribution in [1.29, 1.82) is 0 Å². The van der Waals surface area contributed by atoms with Gasteiger partial charge in [-0.1, -0.05) is 24.3 Å². The summed E-state index contributed by atoms with van der Waals surface area (Å²) in [6.07, 6.45) is 9.64. The zero-order valence-electron chi connectivity index (χ0n) is 13.1. The molecule has 0 aliphatic heterocycles. The van der Waals surface area contributed by atoms with Crippen LogP contribution >= 0.6 is 0 Å². The number of nitrogens with one attached hydrogen (secondary N) is 1. The van der Waals surface area contributed by atoms with Crippen molar-refractivity contribution in [3.63, 3.8) is 0 Å². The highest BCUT2D eigenvalue weighted by atomic mass is 16.5. The molecule has 1 fully saturated rings. The van der Waals surface area contributed by atoms with Gasteiger partial charge in [-0.2, -0.15) is 0 Å². The first-order valence-electron chi connectivity index (χ1n) is 8.35. The second-order valence-electron chi connectivity index (χ2n) is 6.83. The zero-order valence-corrected chi connectivity index (χ0v) is 13.1. The molecule has 2 unspecified atom stereocenters. The SMILES string of the molecule is COC1(CC(CC2CCCc3ccccc32)NN)CCC1. The number of nitrogens with two attached hydrogens (primary N) is 1. The maximum Gasteiger partial charge on any atom is 0.0694 e. The van der Waals surface area contributed by atoms with Crippen molar-refractivity contribution in [2.45, 2.75) is 68.9 Å². The van der Waals surface area contributed by atoms with E-state index in [1.54, 1.807) is 5.56 Å². The van der Waals surface area contributed by atoms with Crippen LogP contribution in [-0.4, -0.2) is 18.8 Å². The maximum absolute atomic E-state index is 5.85. The van der Waals surface area contributed by atoms with Gasteiger partial charge in [0.1, 0.15) is 0 Å². The second-order valence-corrected chi connectivity index (χ2v) is 6.83. The van der Waals surface area contributed by atoms with Gasteiger partial charge in [-0.25, -0.2) is 0 Å². The normalized spacial score (nSPS) is 25.0. The molecular formula is C18H28N2O. The van der Waals surface area contributed by atoms with E-state index < -0.39 is 0 Å². The molecule has 0 bridgehead atoms. The van der Waals surface area contributed by atoms with E-state index in [0.717, 1.165) is 12.8 Å². The Bertz CT molecular complexity index is 465. The molecule has 3 rings (SSSR count). The Morgan fingerprint density at radius 1 is 1.33 bits per heavy atom. The summed E-state index contributed by atoms with van der Waals surface area (Å²) >= 11 is 0. The van der Waals surface area contributed by atoms with E-state index >= 15 is 0 Å². The zero-order chi connectivity index (χ0) is 14.7. The predicted octanol–water partition coefficient (Wildman–Crippen LogP) is 3.29. The van der Waals surface area contributed by atoms with E-state index in [1.807, 2.05) is 7.11 Å².